The smallest absolute Gasteiger partial charge is 0.243 e. The first kappa shape index (κ1) is 8.26. The van der Waals surface area contributed by atoms with Crippen LogP contribution < -0.4 is 10.6 Å². The maximum atomic E-state index is 11.5. The molecule has 0 aliphatic carbocycles. The summed E-state index contributed by atoms with van der Waals surface area (Å²) >= 11 is 0. The van der Waals surface area contributed by atoms with Crippen molar-refractivity contribution in [2.45, 2.75) is 12.5 Å². The number of hydrogen-bond acceptors (Lipinski definition) is 2. The van der Waals surface area contributed by atoms with Gasteiger partial charge >= 0.3 is 0 Å². The fourth-order valence-electron chi connectivity index (χ4n) is 1.70. The number of rotatable bonds is 0. The SMILES string of the molecule is CN1C(=O)[C@H](N)Cc2ccccc21. The Kier molecular flexibility index (Phi) is 1.81. The number of amides is 1. The zero-order chi connectivity index (χ0) is 9.42. The largest absolute Gasteiger partial charge is 0.320 e. The summed E-state index contributed by atoms with van der Waals surface area (Å²) in [6.45, 7) is 0. The Morgan fingerprint density at radius 3 is 2.92 bits per heavy atom. The third kappa shape index (κ3) is 1.21. The van der Waals surface area contributed by atoms with Crippen LogP contribution in [0.2, 0.25) is 0 Å². The molecule has 1 aromatic rings. The Labute approximate surface area is 77.1 Å². The van der Waals surface area contributed by atoms with Gasteiger partial charge in [0, 0.05) is 12.7 Å². The zero-order valence-electron chi connectivity index (χ0n) is 7.53. The molecule has 1 atom stereocenters. The quantitative estimate of drug-likeness (QED) is 0.627. The van der Waals surface area contributed by atoms with E-state index in [1.54, 1.807) is 11.9 Å². The van der Waals surface area contributed by atoms with Crippen molar-refractivity contribution in [3.05, 3.63) is 29.8 Å². The van der Waals surface area contributed by atoms with Crippen molar-refractivity contribution < 1.29 is 4.79 Å². The molecule has 0 spiro atoms. The number of anilines is 1. The lowest BCUT2D eigenvalue weighted by Gasteiger charge is -2.29. The lowest BCUT2D eigenvalue weighted by Crippen LogP contribution is -2.46. The molecule has 1 amide bonds. The van der Waals surface area contributed by atoms with E-state index < -0.39 is 0 Å². The van der Waals surface area contributed by atoms with Gasteiger partial charge in [0.15, 0.2) is 0 Å². The summed E-state index contributed by atoms with van der Waals surface area (Å²) < 4.78 is 0. The molecule has 0 radical (unpaired) electrons. The van der Waals surface area contributed by atoms with E-state index in [-0.39, 0.29) is 11.9 Å². The first-order valence-electron chi connectivity index (χ1n) is 4.31. The third-order valence-electron chi connectivity index (χ3n) is 2.44. The van der Waals surface area contributed by atoms with Gasteiger partial charge in [-0.05, 0) is 18.1 Å². The molecule has 1 aromatic carbocycles. The lowest BCUT2D eigenvalue weighted by molar-refractivity contribution is -0.119. The Balaban J connectivity index is 2.49. The third-order valence-corrected chi connectivity index (χ3v) is 2.44. The molecule has 3 heteroatoms. The standard InChI is InChI=1S/C10H12N2O/c1-12-9-5-3-2-4-7(9)6-8(11)10(12)13/h2-5,8H,6,11H2,1H3/t8-/m1/s1. The van der Waals surface area contributed by atoms with Crippen LogP contribution in [0, 0.1) is 0 Å². The molecule has 2 N–H and O–H groups in total. The molecule has 0 unspecified atom stereocenters. The Hall–Kier alpha value is -1.35. The normalized spacial score (nSPS) is 21.5. The minimum absolute atomic E-state index is 0.00120. The van der Waals surface area contributed by atoms with Gasteiger partial charge in [0.05, 0.1) is 6.04 Å². The van der Waals surface area contributed by atoms with Crippen molar-refractivity contribution in [2.75, 3.05) is 11.9 Å². The minimum Gasteiger partial charge on any atom is -0.320 e. The van der Waals surface area contributed by atoms with Crippen LogP contribution in [0.3, 0.4) is 0 Å². The van der Waals surface area contributed by atoms with Gasteiger partial charge in [-0.2, -0.15) is 0 Å². The lowest BCUT2D eigenvalue weighted by atomic mass is 9.98. The molecule has 0 fully saturated rings. The van der Waals surface area contributed by atoms with Crippen molar-refractivity contribution in [3.8, 4) is 0 Å². The first-order chi connectivity index (χ1) is 6.20. The summed E-state index contributed by atoms with van der Waals surface area (Å²) in [7, 11) is 1.76. The molecule has 1 heterocycles. The molecule has 1 aliphatic rings. The van der Waals surface area contributed by atoms with E-state index in [4.69, 9.17) is 5.73 Å². The van der Waals surface area contributed by atoms with E-state index in [0.29, 0.717) is 6.42 Å². The van der Waals surface area contributed by atoms with Crippen molar-refractivity contribution in [1.29, 1.82) is 0 Å². The van der Waals surface area contributed by atoms with Crippen LogP contribution in [0.1, 0.15) is 5.56 Å². The summed E-state index contributed by atoms with van der Waals surface area (Å²) in [6.07, 6.45) is 0.652. The van der Waals surface area contributed by atoms with Crippen molar-refractivity contribution >= 4 is 11.6 Å². The van der Waals surface area contributed by atoms with Gasteiger partial charge in [-0.15, -0.1) is 0 Å². The maximum absolute atomic E-state index is 11.5. The molecule has 13 heavy (non-hydrogen) atoms. The highest BCUT2D eigenvalue weighted by atomic mass is 16.2. The average molecular weight is 176 g/mol. The first-order valence-corrected chi connectivity index (χ1v) is 4.31. The number of carbonyl (C=O) groups is 1. The van der Waals surface area contributed by atoms with Crippen LogP contribution in [-0.2, 0) is 11.2 Å². The van der Waals surface area contributed by atoms with Crippen LogP contribution >= 0.6 is 0 Å². The molecule has 0 saturated carbocycles. The fourth-order valence-corrected chi connectivity index (χ4v) is 1.70. The monoisotopic (exact) mass is 176 g/mol. The Bertz CT molecular complexity index is 349. The molecule has 68 valence electrons. The highest BCUT2D eigenvalue weighted by molar-refractivity contribution is 5.99. The van der Waals surface area contributed by atoms with Gasteiger partial charge < -0.3 is 10.6 Å². The van der Waals surface area contributed by atoms with Crippen LogP contribution in [0.4, 0.5) is 5.69 Å². The second-order valence-corrected chi connectivity index (χ2v) is 3.34. The number of para-hydroxylation sites is 1. The molecular weight excluding hydrogens is 164 g/mol. The number of likely N-dealkylation sites (N-methyl/N-ethyl adjacent to an activating group) is 1. The number of nitrogens with zero attached hydrogens (tertiary/aromatic N) is 1. The second kappa shape index (κ2) is 2.85. The fraction of sp³-hybridized carbons (Fsp3) is 0.300. The predicted octanol–water partition coefficient (Wildman–Crippen LogP) is 0.533. The molecule has 1 aliphatic heterocycles. The number of carbonyl (C=O) groups excluding carboxylic acids is 1. The number of nitrogens with two attached hydrogens (primary N) is 1. The maximum Gasteiger partial charge on any atom is 0.243 e. The van der Waals surface area contributed by atoms with Gasteiger partial charge in [-0.1, -0.05) is 18.2 Å². The minimum atomic E-state index is -0.375. The summed E-state index contributed by atoms with van der Waals surface area (Å²) in [5.74, 6) is -0.00120. The molecular formula is C10H12N2O. The second-order valence-electron chi connectivity index (χ2n) is 3.34. The topological polar surface area (TPSA) is 46.3 Å². The van der Waals surface area contributed by atoms with Crippen LogP contribution in [0.25, 0.3) is 0 Å². The van der Waals surface area contributed by atoms with E-state index in [9.17, 15) is 4.79 Å². The van der Waals surface area contributed by atoms with Gasteiger partial charge in [0.1, 0.15) is 0 Å². The summed E-state index contributed by atoms with van der Waals surface area (Å²) in [5, 5.41) is 0. The Morgan fingerprint density at radius 2 is 2.15 bits per heavy atom. The predicted molar refractivity (Wildman–Crippen MR) is 51.5 cm³/mol. The molecule has 0 aromatic heterocycles. The van der Waals surface area contributed by atoms with Crippen molar-refractivity contribution in [2.24, 2.45) is 5.73 Å². The number of benzene rings is 1. The highest BCUT2D eigenvalue weighted by Gasteiger charge is 2.26. The van der Waals surface area contributed by atoms with Gasteiger partial charge in [-0.25, -0.2) is 0 Å². The molecule has 0 bridgehead atoms. The Morgan fingerprint density at radius 1 is 1.46 bits per heavy atom. The van der Waals surface area contributed by atoms with Gasteiger partial charge in [-0.3, -0.25) is 4.79 Å². The van der Waals surface area contributed by atoms with Crippen LogP contribution in [-0.4, -0.2) is 19.0 Å². The molecule has 3 nitrogen and oxygen atoms in total. The summed E-state index contributed by atoms with van der Waals surface area (Å²) in [4.78, 5) is 13.1. The van der Waals surface area contributed by atoms with Crippen LogP contribution in [0.15, 0.2) is 24.3 Å². The number of fused-ring (bicyclic) bond motifs is 1. The number of hydrogen-bond donors (Lipinski definition) is 1. The zero-order valence-corrected chi connectivity index (χ0v) is 7.53. The van der Waals surface area contributed by atoms with Crippen molar-refractivity contribution in [3.63, 3.8) is 0 Å². The van der Waals surface area contributed by atoms with Gasteiger partial charge in [0.2, 0.25) is 5.91 Å². The van der Waals surface area contributed by atoms with E-state index >= 15 is 0 Å². The molecule has 2 rings (SSSR count). The highest BCUT2D eigenvalue weighted by Crippen LogP contribution is 2.25. The van der Waals surface area contributed by atoms with E-state index in [2.05, 4.69) is 0 Å². The summed E-state index contributed by atoms with van der Waals surface area (Å²) in [6, 6.07) is 7.48. The van der Waals surface area contributed by atoms with Crippen molar-refractivity contribution in [1.82, 2.24) is 0 Å². The molecule has 0 saturated heterocycles. The average Bonchev–Trinajstić information content (AvgIpc) is 2.15. The summed E-state index contributed by atoms with van der Waals surface area (Å²) in [5.41, 5.74) is 7.82. The van der Waals surface area contributed by atoms with Gasteiger partial charge in [0.25, 0.3) is 0 Å². The van der Waals surface area contributed by atoms with E-state index in [1.165, 1.54) is 0 Å². The van der Waals surface area contributed by atoms with Crippen LogP contribution in [0.5, 0.6) is 0 Å². The van der Waals surface area contributed by atoms with E-state index in [1.807, 2.05) is 24.3 Å². The van der Waals surface area contributed by atoms with E-state index in [0.717, 1.165) is 11.3 Å².